The Bertz CT molecular complexity index is 632. The van der Waals surface area contributed by atoms with Gasteiger partial charge in [-0.15, -0.1) is 24.0 Å². The molecule has 2 N–H and O–H groups in total. The molecule has 0 radical (unpaired) electrons. The molecule has 0 aromatic heterocycles. The number of guanidine groups is 1. The van der Waals surface area contributed by atoms with E-state index in [9.17, 15) is 8.78 Å². The summed E-state index contributed by atoms with van der Waals surface area (Å²) in [5, 5.41) is 6.80. The quantitative estimate of drug-likeness (QED) is 0.397. The fourth-order valence-corrected chi connectivity index (χ4v) is 3.67. The Morgan fingerprint density at radius 2 is 1.77 bits per heavy atom. The highest BCUT2D eigenvalue weighted by Gasteiger charge is 2.43. The van der Waals surface area contributed by atoms with E-state index in [0.29, 0.717) is 24.0 Å². The summed E-state index contributed by atoms with van der Waals surface area (Å²) in [6, 6.07) is 4.93. The van der Waals surface area contributed by atoms with Gasteiger partial charge in [0.1, 0.15) is 11.6 Å². The molecule has 4 nitrogen and oxygen atoms in total. The molecule has 0 bridgehead atoms. The van der Waals surface area contributed by atoms with E-state index < -0.39 is 11.6 Å². The average molecular weight is 478 g/mol. The second-order valence-corrected chi connectivity index (χ2v) is 7.58. The van der Waals surface area contributed by atoms with Crippen molar-refractivity contribution in [1.29, 1.82) is 0 Å². The first-order valence-electron chi connectivity index (χ1n) is 9.08. The minimum atomic E-state index is -0.464. The SMILES string of the molecule is CN=C(NC1CN(C(C)C)CC1C)NC1CC1c1c(F)cccc1F.I. The molecule has 26 heavy (non-hydrogen) atoms. The van der Waals surface area contributed by atoms with Gasteiger partial charge < -0.3 is 10.6 Å². The lowest BCUT2D eigenvalue weighted by Crippen LogP contribution is -2.47. The molecule has 0 amide bonds. The monoisotopic (exact) mass is 478 g/mol. The van der Waals surface area contributed by atoms with E-state index >= 15 is 0 Å². The summed E-state index contributed by atoms with van der Waals surface area (Å²) in [7, 11) is 1.73. The van der Waals surface area contributed by atoms with E-state index in [1.54, 1.807) is 7.05 Å². The Balaban J connectivity index is 0.00000243. The predicted molar refractivity (Wildman–Crippen MR) is 112 cm³/mol. The molecule has 1 aliphatic carbocycles. The maximum Gasteiger partial charge on any atom is 0.191 e. The molecule has 1 saturated carbocycles. The summed E-state index contributed by atoms with van der Waals surface area (Å²) in [4.78, 5) is 6.75. The van der Waals surface area contributed by atoms with Crippen LogP contribution in [0.2, 0.25) is 0 Å². The Morgan fingerprint density at radius 3 is 2.31 bits per heavy atom. The number of nitrogens with zero attached hydrogens (tertiary/aromatic N) is 2. The van der Waals surface area contributed by atoms with Crippen molar-refractivity contribution in [3.8, 4) is 0 Å². The molecule has 7 heteroatoms. The van der Waals surface area contributed by atoms with Crippen LogP contribution in [0.15, 0.2) is 23.2 Å². The lowest BCUT2D eigenvalue weighted by molar-refractivity contribution is 0.265. The van der Waals surface area contributed by atoms with Gasteiger partial charge in [0.25, 0.3) is 0 Å². The van der Waals surface area contributed by atoms with E-state index in [4.69, 9.17) is 0 Å². The van der Waals surface area contributed by atoms with Gasteiger partial charge >= 0.3 is 0 Å². The molecular formula is C19H29F2IN4. The smallest absolute Gasteiger partial charge is 0.191 e. The molecule has 3 rings (SSSR count). The van der Waals surface area contributed by atoms with Crippen LogP contribution >= 0.6 is 24.0 Å². The number of rotatable bonds is 4. The van der Waals surface area contributed by atoms with Gasteiger partial charge in [-0.1, -0.05) is 13.0 Å². The molecule has 1 aliphatic heterocycles. The zero-order chi connectivity index (χ0) is 18.1. The molecule has 4 atom stereocenters. The highest BCUT2D eigenvalue weighted by molar-refractivity contribution is 14.0. The number of halogens is 3. The Hall–Kier alpha value is -0.960. The molecule has 1 aromatic rings. The van der Waals surface area contributed by atoms with Crippen LogP contribution in [0.1, 0.15) is 38.7 Å². The fourth-order valence-electron chi connectivity index (χ4n) is 3.67. The summed E-state index contributed by atoms with van der Waals surface area (Å²) < 4.78 is 27.8. The van der Waals surface area contributed by atoms with Crippen molar-refractivity contribution in [3.63, 3.8) is 0 Å². The van der Waals surface area contributed by atoms with Gasteiger partial charge in [0.15, 0.2) is 5.96 Å². The molecule has 0 spiro atoms. The van der Waals surface area contributed by atoms with Gasteiger partial charge in [-0.25, -0.2) is 8.78 Å². The Morgan fingerprint density at radius 1 is 1.15 bits per heavy atom. The fraction of sp³-hybridized carbons (Fsp3) is 0.632. The van der Waals surface area contributed by atoms with Crippen molar-refractivity contribution in [2.24, 2.45) is 10.9 Å². The van der Waals surface area contributed by atoms with Crippen LogP contribution in [-0.2, 0) is 0 Å². The normalized spacial score (nSPS) is 28.8. The van der Waals surface area contributed by atoms with E-state index in [2.05, 4.69) is 41.3 Å². The summed E-state index contributed by atoms with van der Waals surface area (Å²) in [5.41, 5.74) is 0.190. The van der Waals surface area contributed by atoms with Crippen LogP contribution in [0, 0.1) is 17.6 Å². The molecule has 1 saturated heterocycles. The van der Waals surface area contributed by atoms with E-state index in [1.165, 1.54) is 18.2 Å². The van der Waals surface area contributed by atoms with Gasteiger partial charge in [0.2, 0.25) is 0 Å². The highest BCUT2D eigenvalue weighted by Crippen LogP contribution is 2.43. The van der Waals surface area contributed by atoms with E-state index in [1.807, 2.05) is 0 Å². The first-order chi connectivity index (χ1) is 11.9. The lowest BCUT2D eigenvalue weighted by Gasteiger charge is -2.22. The first kappa shape index (κ1) is 21.3. The Labute approximate surface area is 171 Å². The van der Waals surface area contributed by atoms with Crippen LogP contribution in [0.3, 0.4) is 0 Å². The second kappa shape index (κ2) is 8.82. The summed E-state index contributed by atoms with van der Waals surface area (Å²) in [5.74, 6) is 0.183. The maximum absolute atomic E-state index is 13.9. The lowest BCUT2D eigenvalue weighted by atomic mass is 10.1. The van der Waals surface area contributed by atoms with Crippen molar-refractivity contribution >= 4 is 29.9 Å². The molecule has 1 aromatic carbocycles. The number of benzene rings is 1. The number of nitrogens with one attached hydrogen (secondary N) is 2. The molecule has 2 fully saturated rings. The summed E-state index contributed by atoms with van der Waals surface area (Å²) >= 11 is 0. The van der Waals surface area contributed by atoms with Gasteiger partial charge in [0.05, 0.1) is 0 Å². The third kappa shape index (κ3) is 4.65. The minimum Gasteiger partial charge on any atom is -0.353 e. The van der Waals surface area contributed by atoms with Gasteiger partial charge in [-0.2, -0.15) is 0 Å². The van der Waals surface area contributed by atoms with Crippen molar-refractivity contribution < 1.29 is 8.78 Å². The van der Waals surface area contributed by atoms with Gasteiger partial charge in [0, 0.05) is 49.7 Å². The van der Waals surface area contributed by atoms with Crippen LogP contribution in [0.4, 0.5) is 8.78 Å². The zero-order valence-corrected chi connectivity index (χ0v) is 18.1. The molecule has 4 unspecified atom stereocenters. The molecule has 146 valence electrons. The van der Waals surface area contributed by atoms with E-state index in [0.717, 1.165) is 19.5 Å². The van der Waals surface area contributed by atoms with E-state index in [-0.39, 0.29) is 41.5 Å². The van der Waals surface area contributed by atoms with Gasteiger partial charge in [-0.05, 0) is 38.3 Å². The molecule has 2 aliphatic rings. The summed E-state index contributed by atoms with van der Waals surface area (Å²) in [6.45, 7) is 8.70. The number of likely N-dealkylation sites (tertiary alicyclic amines) is 1. The molecule has 1 heterocycles. The third-order valence-corrected chi connectivity index (χ3v) is 5.40. The largest absolute Gasteiger partial charge is 0.353 e. The number of hydrogen-bond donors (Lipinski definition) is 2. The van der Waals surface area contributed by atoms with Crippen molar-refractivity contribution in [2.75, 3.05) is 20.1 Å². The molecular weight excluding hydrogens is 449 g/mol. The van der Waals surface area contributed by atoms with Gasteiger partial charge in [-0.3, -0.25) is 9.89 Å². The number of hydrogen-bond acceptors (Lipinski definition) is 2. The first-order valence-corrected chi connectivity index (χ1v) is 9.08. The van der Waals surface area contributed by atoms with Crippen LogP contribution in [-0.4, -0.2) is 49.1 Å². The third-order valence-electron chi connectivity index (χ3n) is 5.40. The van der Waals surface area contributed by atoms with Crippen molar-refractivity contribution in [3.05, 3.63) is 35.4 Å². The van der Waals surface area contributed by atoms with Crippen LogP contribution in [0.25, 0.3) is 0 Å². The second-order valence-electron chi connectivity index (χ2n) is 7.58. The van der Waals surface area contributed by atoms with Crippen LogP contribution in [0.5, 0.6) is 0 Å². The summed E-state index contributed by atoms with van der Waals surface area (Å²) in [6.07, 6.45) is 0.719. The zero-order valence-electron chi connectivity index (χ0n) is 15.8. The predicted octanol–water partition coefficient (Wildman–Crippen LogP) is 3.33. The van der Waals surface area contributed by atoms with Crippen molar-refractivity contribution in [1.82, 2.24) is 15.5 Å². The highest BCUT2D eigenvalue weighted by atomic mass is 127. The number of aliphatic imine (C=N–C) groups is 1. The van der Waals surface area contributed by atoms with Crippen LogP contribution < -0.4 is 10.6 Å². The standard InChI is InChI=1S/C19H28F2N4.HI/c1-11(2)25-9-12(3)17(10-25)24-19(22-4)23-16-8-13(16)18-14(20)6-5-7-15(18)21;/h5-7,11-13,16-17H,8-10H2,1-4H3,(H2,22,23,24);1H. The average Bonchev–Trinajstić information content (AvgIpc) is 3.20. The topological polar surface area (TPSA) is 39.7 Å². The maximum atomic E-state index is 13.9. The Kier molecular flexibility index (Phi) is 7.24. The van der Waals surface area contributed by atoms with Crippen molar-refractivity contribution in [2.45, 2.75) is 51.2 Å². The minimum absolute atomic E-state index is 0.